The fourth-order valence-electron chi connectivity index (χ4n) is 5.61. The van der Waals surface area contributed by atoms with E-state index in [0.29, 0.717) is 11.5 Å². The highest BCUT2D eigenvalue weighted by Crippen LogP contribution is 2.54. The molecule has 1 saturated carbocycles. The van der Waals surface area contributed by atoms with Crippen LogP contribution in [0.25, 0.3) is 0 Å². The molecule has 4 atom stereocenters. The summed E-state index contributed by atoms with van der Waals surface area (Å²) in [5.74, 6) is -1.50. The second-order valence-electron chi connectivity index (χ2n) is 10.7. The van der Waals surface area contributed by atoms with E-state index in [9.17, 15) is 14.4 Å². The molecular formula is C26H37NO8. The third-order valence-electron chi connectivity index (χ3n) is 7.30. The molecule has 1 saturated heterocycles. The van der Waals surface area contributed by atoms with Crippen LogP contribution >= 0.6 is 0 Å². The van der Waals surface area contributed by atoms with Crippen molar-refractivity contribution in [1.82, 2.24) is 5.32 Å². The molecule has 0 radical (unpaired) electrons. The molecule has 0 spiro atoms. The maximum Gasteiger partial charge on any atom is 0.333 e. The van der Waals surface area contributed by atoms with Crippen LogP contribution in [0.15, 0.2) is 18.2 Å². The number of ether oxygens (including phenoxy) is 2. The van der Waals surface area contributed by atoms with E-state index < -0.39 is 29.9 Å². The molecule has 1 aliphatic heterocycles. The van der Waals surface area contributed by atoms with Crippen LogP contribution in [0.1, 0.15) is 70.4 Å². The standard InChI is InChI=1S/C22H31NO3.C4H6O5/c1-21(2,3)20(24)26-14-25-16-8-7-15-12-19-17-6-4-5-9-22(17,10-11-23-19)18(15)13-16;5-2(4(8)9)1-3(6)7/h7-8,13,17,19,23H,4-6,9-12,14H2,1-3H3;2,5H,1H2,(H,6,7)(H,8,9)/t17-,19+,22+;2-/m10/s1. The zero-order valence-electron chi connectivity index (χ0n) is 20.7. The van der Waals surface area contributed by atoms with Gasteiger partial charge in [-0.25, -0.2) is 4.79 Å². The zero-order chi connectivity index (χ0) is 25.8. The Hall–Kier alpha value is -2.65. The van der Waals surface area contributed by atoms with Crippen LogP contribution in [0, 0.1) is 11.3 Å². The molecule has 9 nitrogen and oxygen atoms in total. The molecular weight excluding hydrogens is 454 g/mol. The number of aliphatic hydroxyl groups excluding tert-OH is 1. The van der Waals surface area contributed by atoms with Crippen molar-refractivity contribution >= 4 is 17.9 Å². The first-order chi connectivity index (χ1) is 16.4. The predicted molar refractivity (Wildman–Crippen MR) is 127 cm³/mol. The quantitative estimate of drug-likeness (QED) is 0.349. The van der Waals surface area contributed by atoms with Gasteiger partial charge in [0, 0.05) is 11.5 Å². The molecule has 1 heterocycles. The van der Waals surface area contributed by atoms with Crippen LogP contribution in [0.2, 0.25) is 0 Å². The van der Waals surface area contributed by atoms with Crippen molar-refractivity contribution in [3.05, 3.63) is 29.3 Å². The lowest BCUT2D eigenvalue weighted by molar-refractivity contribution is -0.159. The molecule has 0 aromatic heterocycles. The van der Waals surface area contributed by atoms with Crippen molar-refractivity contribution in [1.29, 1.82) is 0 Å². The number of esters is 1. The number of carbonyl (C=O) groups excluding carboxylic acids is 1. The Balaban J connectivity index is 0.000000327. The molecule has 2 bridgehead atoms. The normalized spacial score (nSPS) is 25.6. The number of aliphatic hydroxyl groups is 1. The van der Waals surface area contributed by atoms with Crippen molar-refractivity contribution in [2.45, 2.75) is 83.3 Å². The minimum absolute atomic E-state index is 0.0184. The molecule has 4 N–H and O–H groups in total. The third kappa shape index (κ3) is 6.32. The van der Waals surface area contributed by atoms with E-state index in [1.165, 1.54) is 43.2 Å². The van der Waals surface area contributed by atoms with E-state index in [0.717, 1.165) is 24.6 Å². The van der Waals surface area contributed by atoms with Crippen LogP contribution in [0.3, 0.4) is 0 Å². The van der Waals surface area contributed by atoms with Gasteiger partial charge in [0.15, 0.2) is 6.10 Å². The molecule has 1 aromatic carbocycles. The van der Waals surface area contributed by atoms with Gasteiger partial charge in [-0.05, 0) is 82.2 Å². The minimum Gasteiger partial charge on any atom is -0.481 e. The number of hydrogen-bond acceptors (Lipinski definition) is 7. The summed E-state index contributed by atoms with van der Waals surface area (Å²) in [6, 6.07) is 7.12. The molecule has 0 amide bonds. The maximum atomic E-state index is 11.9. The van der Waals surface area contributed by atoms with E-state index in [2.05, 4.69) is 17.4 Å². The predicted octanol–water partition coefficient (Wildman–Crippen LogP) is 2.86. The van der Waals surface area contributed by atoms with Gasteiger partial charge in [-0.15, -0.1) is 0 Å². The summed E-state index contributed by atoms with van der Waals surface area (Å²) in [4.78, 5) is 31.3. The first-order valence-corrected chi connectivity index (χ1v) is 12.2. The van der Waals surface area contributed by atoms with Crippen molar-refractivity contribution < 1.29 is 39.2 Å². The van der Waals surface area contributed by atoms with Crippen molar-refractivity contribution in [3.63, 3.8) is 0 Å². The SMILES string of the molecule is CC(C)(C)C(=O)OCOc1ccc2c(c1)[C@]13CCCC[C@@H]1[C@H](C2)NCC3.O=C(O)C[C@H](O)C(=O)O. The number of hydrogen-bond donors (Lipinski definition) is 4. The Kier molecular flexibility index (Phi) is 8.43. The minimum atomic E-state index is -1.79. The lowest BCUT2D eigenvalue weighted by Crippen LogP contribution is -2.59. The Morgan fingerprint density at radius 3 is 2.54 bits per heavy atom. The summed E-state index contributed by atoms with van der Waals surface area (Å²) in [6.07, 6.45) is 5.13. The monoisotopic (exact) mass is 491 g/mol. The lowest BCUT2D eigenvalue weighted by Gasteiger charge is -2.56. The van der Waals surface area contributed by atoms with Gasteiger partial charge in [0.2, 0.25) is 6.79 Å². The highest BCUT2D eigenvalue weighted by atomic mass is 16.7. The largest absolute Gasteiger partial charge is 0.481 e. The number of carboxylic acid groups (broad SMARTS) is 2. The summed E-state index contributed by atoms with van der Waals surface area (Å²) in [5, 5.41) is 27.9. The smallest absolute Gasteiger partial charge is 0.333 e. The maximum absolute atomic E-state index is 11.9. The van der Waals surface area contributed by atoms with Crippen LogP contribution in [0.4, 0.5) is 0 Å². The van der Waals surface area contributed by atoms with E-state index >= 15 is 0 Å². The van der Waals surface area contributed by atoms with Crippen LogP contribution in [-0.2, 0) is 31.0 Å². The van der Waals surface area contributed by atoms with Crippen molar-refractivity contribution in [2.75, 3.05) is 13.3 Å². The van der Waals surface area contributed by atoms with E-state index in [1.54, 1.807) is 0 Å². The number of fused-ring (bicyclic) bond motifs is 1. The van der Waals surface area contributed by atoms with Gasteiger partial charge in [-0.2, -0.15) is 0 Å². The van der Waals surface area contributed by atoms with Gasteiger partial charge in [-0.1, -0.05) is 18.9 Å². The number of carboxylic acids is 2. The molecule has 194 valence electrons. The molecule has 0 unspecified atom stereocenters. The molecule has 9 heteroatoms. The van der Waals surface area contributed by atoms with Gasteiger partial charge in [-0.3, -0.25) is 9.59 Å². The second-order valence-corrected chi connectivity index (χ2v) is 10.7. The Bertz CT molecular complexity index is 936. The number of benzene rings is 1. The number of nitrogens with one attached hydrogen (secondary N) is 1. The summed E-state index contributed by atoms with van der Waals surface area (Å²) < 4.78 is 11.1. The van der Waals surface area contributed by atoms with Crippen molar-refractivity contribution in [2.24, 2.45) is 11.3 Å². The fourth-order valence-corrected chi connectivity index (χ4v) is 5.61. The second kappa shape index (κ2) is 11.0. The first-order valence-electron chi connectivity index (χ1n) is 12.2. The van der Waals surface area contributed by atoms with Crippen LogP contribution < -0.4 is 10.1 Å². The average molecular weight is 492 g/mol. The third-order valence-corrected chi connectivity index (χ3v) is 7.30. The van der Waals surface area contributed by atoms with E-state index in [1.807, 2.05) is 26.8 Å². The zero-order valence-corrected chi connectivity index (χ0v) is 20.7. The fraction of sp³-hybridized carbons (Fsp3) is 0.654. The van der Waals surface area contributed by atoms with Gasteiger partial charge < -0.3 is 30.1 Å². The highest BCUT2D eigenvalue weighted by Gasteiger charge is 2.51. The van der Waals surface area contributed by atoms with Gasteiger partial charge in [0.1, 0.15) is 5.75 Å². The highest BCUT2D eigenvalue weighted by molar-refractivity contribution is 5.79. The average Bonchev–Trinajstić information content (AvgIpc) is 2.78. The van der Waals surface area contributed by atoms with Crippen LogP contribution in [-0.4, -0.2) is 58.7 Å². The van der Waals surface area contributed by atoms with Crippen molar-refractivity contribution in [3.8, 4) is 5.75 Å². The molecule has 35 heavy (non-hydrogen) atoms. The summed E-state index contributed by atoms with van der Waals surface area (Å²) in [7, 11) is 0. The summed E-state index contributed by atoms with van der Waals surface area (Å²) in [5.41, 5.74) is 2.79. The van der Waals surface area contributed by atoms with E-state index in [4.69, 9.17) is 24.8 Å². The topological polar surface area (TPSA) is 142 Å². The molecule has 2 fully saturated rings. The lowest BCUT2D eigenvalue weighted by atomic mass is 9.53. The van der Waals surface area contributed by atoms with Gasteiger partial charge in [0.25, 0.3) is 0 Å². The summed E-state index contributed by atoms with van der Waals surface area (Å²) >= 11 is 0. The number of piperidine rings is 1. The molecule has 3 aliphatic rings. The Morgan fingerprint density at radius 2 is 1.91 bits per heavy atom. The van der Waals surface area contributed by atoms with Crippen LogP contribution in [0.5, 0.6) is 5.75 Å². The van der Waals surface area contributed by atoms with Gasteiger partial charge >= 0.3 is 17.9 Å². The Morgan fingerprint density at radius 1 is 1.17 bits per heavy atom. The molecule has 4 rings (SSSR count). The molecule has 2 aliphatic carbocycles. The number of carbonyl (C=O) groups is 3. The number of rotatable bonds is 6. The van der Waals surface area contributed by atoms with E-state index in [-0.39, 0.29) is 12.8 Å². The van der Waals surface area contributed by atoms with Gasteiger partial charge in [0.05, 0.1) is 11.8 Å². The molecule has 1 aromatic rings. The number of aliphatic carboxylic acids is 2. The Labute approximate surface area is 205 Å². The first kappa shape index (κ1) is 26.9. The summed E-state index contributed by atoms with van der Waals surface area (Å²) in [6.45, 7) is 6.66.